The zero-order valence-corrected chi connectivity index (χ0v) is 12.0. The molecule has 2 N–H and O–H groups in total. The van der Waals surface area contributed by atoms with E-state index in [1.165, 1.54) is 11.6 Å². The molecule has 1 unspecified atom stereocenters. The predicted molar refractivity (Wildman–Crippen MR) is 82.2 cm³/mol. The summed E-state index contributed by atoms with van der Waals surface area (Å²) in [5, 5.41) is 0. The first-order chi connectivity index (χ1) is 9.65. The summed E-state index contributed by atoms with van der Waals surface area (Å²) in [5.41, 5.74) is 9.66. The number of halogens is 1. The van der Waals surface area contributed by atoms with Gasteiger partial charge in [0.05, 0.1) is 0 Å². The van der Waals surface area contributed by atoms with Crippen molar-refractivity contribution < 1.29 is 4.39 Å². The molecule has 0 heterocycles. The zero-order valence-electron chi connectivity index (χ0n) is 12.0. The van der Waals surface area contributed by atoms with E-state index in [1.54, 1.807) is 6.07 Å². The lowest BCUT2D eigenvalue weighted by Gasteiger charge is -2.13. The largest absolute Gasteiger partial charge is 0.327 e. The van der Waals surface area contributed by atoms with Crippen LogP contribution in [0, 0.1) is 12.7 Å². The second kappa shape index (κ2) is 7.20. The highest BCUT2D eigenvalue weighted by Gasteiger charge is 2.07. The van der Waals surface area contributed by atoms with Gasteiger partial charge < -0.3 is 5.73 Å². The smallest absolute Gasteiger partial charge is 0.123 e. The maximum Gasteiger partial charge on any atom is 0.123 e. The van der Waals surface area contributed by atoms with E-state index in [0.29, 0.717) is 0 Å². The average Bonchev–Trinajstić information content (AvgIpc) is 2.44. The Bertz CT molecular complexity index is 536. The third kappa shape index (κ3) is 4.46. The Morgan fingerprint density at radius 1 is 1.10 bits per heavy atom. The highest BCUT2D eigenvalue weighted by molar-refractivity contribution is 5.27. The van der Waals surface area contributed by atoms with Crippen molar-refractivity contribution in [3.63, 3.8) is 0 Å². The van der Waals surface area contributed by atoms with Crippen LogP contribution in [0.15, 0.2) is 48.5 Å². The SMILES string of the molecule is Cc1ccc(F)cc1CC(N)CCCc1ccccc1. The second-order valence-electron chi connectivity index (χ2n) is 5.41. The number of benzene rings is 2. The Morgan fingerprint density at radius 3 is 2.60 bits per heavy atom. The molecular weight excluding hydrogens is 249 g/mol. The van der Waals surface area contributed by atoms with E-state index in [-0.39, 0.29) is 11.9 Å². The second-order valence-corrected chi connectivity index (χ2v) is 5.41. The van der Waals surface area contributed by atoms with Crippen LogP contribution in [-0.2, 0) is 12.8 Å². The fraction of sp³-hybridized carbons (Fsp3) is 0.333. The first-order valence-electron chi connectivity index (χ1n) is 7.19. The lowest BCUT2D eigenvalue weighted by Crippen LogP contribution is -2.23. The molecule has 20 heavy (non-hydrogen) atoms. The third-order valence-corrected chi connectivity index (χ3v) is 3.68. The van der Waals surface area contributed by atoms with E-state index in [4.69, 9.17) is 5.73 Å². The summed E-state index contributed by atoms with van der Waals surface area (Å²) >= 11 is 0. The number of aryl methyl sites for hydroxylation is 2. The molecule has 2 heteroatoms. The van der Waals surface area contributed by atoms with Crippen molar-refractivity contribution in [3.8, 4) is 0 Å². The molecule has 0 aromatic heterocycles. The third-order valence-electron chi connectivity index (χ3n) is 3.68. The first-order valence-corrected chi connectivity index (χ1v) is 7.19. The Kier molecular flexibility index (Phi) is 5.31. The van der Waals surface area contributed by atoms with Gasteiger partial charge in [-0.2, -0.15) is 0 Å². The number of nitrogens with two attached hydrogens (primary N) is 1. The van der Waals surface area contributed by atoms with E-state index in [0.717, 1.165) is 36.8 Å². The lowest BCUT2D eigenvalue weighted by molar-refractivity contribution is 0.574. The highest BCUT2D eigenvalue weighted by atomic mass is 19.1. The summed E-state index contributed by atoms with van der Waals surface area (Å²) in [6, 6.07) is 15.5. The van der Waals surface area contributed by atoms with Crippen LogP contribution in [0.3, 0.4) is 0 Å². The first kappa shape index (κ1) is 14.7. The summed E-state index contributed by atoms with van der Waals surface area (Å²) in [6.45, 7) is 2.01. The van der Waals surface area contributed by atoms with Crippen LogP contribution in [-0.4, -0.2) is 6.04 Å². The standard InChI is InChI=1S/C18H22FN/c1-14-10-11-17(19)12-16(14)13-18(20)9-5-8-15-6-3-2-4-7-15/h2-4,6-7,10-12,18H,5,8-9,13,20H2,1H3. The fourth-order valence-corrected chi connectivity index (χ4v) is 2.46. The van der Waals surface area contributed by atoms with E-state index in [1.807, 2.05) is 19.1 Å². The average molecular weight is 271 g/mol. The summed E-state index contributed by atoms with van der Waals surface area (Å²) in [5.74, 6) is -0.179. The molecule has 0 radical (unpaired) electrons. The quantitative estimate of drug-likeness (QED) is 0.843. The monoisotopic (exact) mass is 271 g/mol. The zero-order chi connectivity index (χ0) is 14.4. The molecule has 2 rings (SSSR count). The van der Waals surface area contributed by atoms with Gasteiger partial charge in [-0.1, -0.05) is 36.4 Å². The number of rotatable bonds is 6. The van der Waals surface area contributed by atoms with Gasteiger partial charge in [-0.05, 0) is 61.4 Å². The highest BCUT2D eigenvalue weighted by Crippen LogP contribution is 2.14. The van der Waals surface area contributed by atoms with Gasteiger partial charge >= 0.3 is 0 Å². The molecule has 0 bridgehead atoms. The molecule has 0 saturated heterocycles. The molecule has 1 atom stereocenters. The molecule has 2 aromatic carbocycles. The molecule has 2 aromatic rings. The van der Waals surface area contributed by atoms with Crippen molar-refractivity contribution in [3.05, 3.63) is 71.0 Å². The normalized spacial score (nSPS) is 12.3. The van der Waals surface area contributed by atoms with Crippen molar-refractivity contribution in [1.29, 1.82) is 0 Å². The minimum Gasteiger partial charge on any atom is -0.327 e. The summed E-state index contributed by atoms with van der Waals surface area (Å²) < 4.78 is 13.2. The molecule has 0 saturated carbocycles. The predicted octanol–water partition coefficient (Wildman–Crippen LogP) is 4.03. The van der Waals surface area contributed by atoms with Gasteiger partial charge in [0, 0.05) is 6.04 Å². The van der Waals surface area contributed by atoms with Gasteiger partial charge in [-0.3, -0.25) is 0 Å². The molecule has 0 aliphatic heterocycles. The Morgan fingerprint density at radius 2 is 1.85 bits per heavy atom. The van der Waals surface area contributed by atoms with E-state index >= 15 is 0 Å². The van der Waals surface area contributed by atoms with Crippen LogP contribution in [0.25, 0.3) is 0 Å². The van der Waals surface area contributed by atoms with E-state index in [2.05, 4.69) is 24.3 Å². The van der Waals surface area contributed by atoms with Gasteiger partial charge in [-0.15, -0.1) is 0 Å². The minimum absolute atomic E-state index is 0.0965. The summed E-state index contributed by atoms with van der Waals surface area (Å²) in [4.78, 5) is 0. The summed E-state index contributed by atoms with van der Waals surface area (Å²) in [6.07, 6.45) is 3.83. The van der Waals surface area contributed by atoms with Crippen LogP contribution in [0.2, 0.25) is 0 Å². The van der Waals surface area contributed by atoms with Crippen molar-refractivity contribution in [1.82, 2.24) is 0 Å². The molecule has 0 fully saturated rings. The topological polar surface area (TPSA) is 26.0 Å². The van der Waals surface area contributed by atoms with Crippen LogP contribution in [0.1, 0.15) is 29.5 Å². The van der Waals surface area contributed by atoms with Crippen molar-refractivity contribution in [2.75, 3.05) is 0 Å². The lowest BCUT2D eigenvalue weighted by atomic mass is 9.97. The van der Waals surface area contributed by atoms with E-state index < -0.39 is 0 Å². The Hall–Kier alpha value is -1.67. The van der Waals surface area contributed by atoms with Gasteiger partial charge in [0.25, 0.3) is 0 Å². The summed E-state index contributed by atoms with van der Waals surface area (Å²) in [7, 11) is 0. The van der Waals surface area contributed by atoms with Crippen LogP contribution in [0.4, 0.5) is 4.39 Å². The van der Waals surface area contributed by atoms with Crippen LogP contribution < -0.4 is 5.73 Å². The fourth-order valence-electron chi connectivity index (χ4n) is 2.46. The Labute approximate surface area is 120 Å². The molecular formula is C18H22FN. The maximum atomic E-state index is 13.2. The maximum absolute atomic E-state index is 13.2. The minimum atomic E-state index is -0.179. The van der Waals surface area contributed by atoms with Gasteiger partial charge in [0.2, 0.25) is 0 Å². The van der Waals surface area contributed by atoms with Crippen LogP contribution >= 0.6 is 0 Å². The Balaban J connectivity index is 1.80. The van der Waals surface area contributed by atoms with E-state index in [9.17, 15) is 4.39 Å². The van der Waals surface area contributed by atoms with Crippen molar-refractivity contribution in [2.24, 2.45) is 5.73 Å². The molecule has 0 amide bonds. The van der Waals surface area contributed by atoms with Crippen LogP contribution in [0.5, 0.6) is 0 Å². The van der Waals surface area contributed by atoms with Gasteiger partial charge in [-0.25, -0.2) is 4.39 Å². The number of hydrogen-bond acceptors (Lipinski definition) is 1. The molecule has 1 nitrogen and oxygen atoms in total. The van der Waals surface area contributed by atoms with Crippen molar-refractivity contribution >= 4 is 0 Å². The van der Waals surface area contributed by atoms with Gasteiger partial charge in [0.1, 0.15) is 5.82 Å². The molecule has 0 aliphatic rings. The molecule has 0 spiro atoms. The number of hydrogen-bond donors (Lipinski definition) is 1. The van der Waals surface area contributed by atoms with Gasteiger partial charge in [0.15, 0.2) is 0 Å². The molecule has 0 aliphatic carbocycles. The van der Waals surface area contributed by atoms with Crippen molar-refractivity contribution in [2.45, 2.75) is 38.6 Å². The molecule has 106 valence electrons.